The number of aliphatic imine (C=N–C) groups is 1. The zero-order chi connectivity index (χ0) is 15.4. The molecule has 7 heteroatoms. The highest BCUT2D eigenvalue weighted by Gasteiger charge is 2.25. The fourth-order valence-corrected chi connectivity index (χ4v) is 2.58. The SMILES string of the molecule is CCOC(=O)N1CCC2=NC(c3ccncn3)=CCN2CC1. The molecule has 1 saturated heterocycles. The van der Waals surface area contributed by atoms with Crippen molar-refractivity contribution in [2.24, 2.45) is 4.99 Å². The summed E-state index contributed by atoms with van der Waals surface area (Å²) in [5.41, 5.74) is 1.70. The van der Waals surface area contributed by atoms with Gasteiger partial charge in [0.1, 0.15) is 12.2 Å². The van der Waals surface area contributed by atoms with Crippen molar-refractivity contribution in [3.63, 3.8) is 0 Å². The van der Waals surface area contributed by atoms with Crippen LogP contribution in [0.4, 0.5) is 4.79 Å². The lowest BCUT2D eigenvalue weighted by Gasteiger charge is -2.26. The van der Waals surface area contributed by atoms with E-state index in [4.69, 9.17) is 9.73 Å². The van der Waals surface area contributed by atoms with Crippen molar-refractivity contribution >= 4 is 17.6 Å². The first-order chi connectivity index (χ1) is 10.8. The molecule has 1 aromatic heterocycles. The molecule has 0 atom stereocenters. The molecule has 1 fully saturated rings. The lowest BCUT2D eigenvalue weighted by molar-refractivity contribution is 0.108. The second kappa shape index (κ2) is 6.55. The Morgan fingerprint density at radius 3 is 3.05 bits per heavy atom. The van der Waals surface area contributed by atoms with E-state index in [2.05, 4.69) is 20.9 Å². The van der Waals surface area contributed by atoms with E-state index in [0.717, 1.165) is 36.7 Å². The number of rotatable bonds is 2. The predicted molar refractivity (Wildman–Crippen MR) is 82.2 cm³/mol. The molecule has 1 amide bonds. The molecule has 1 aromatic rings. The van der Waals surface area contributed by atoms with Crippen LogP contribution >= 0.6 is 0 Å². The molecule has 116 valence electrons. The Labute approximate surface area is 129 Å². The third-order valence-electron chi connectivity index (χ3n) is 3.74. The van der Waals surface area contributed by atoms with Crippen LogP contribution in [0.15, 0.2) is 29.7 Å². The molecule has 3 rings (SSSR count). The number of amides is 1. The van der Waals surface area contributed by atoms with E-state index in [1.54, 1.807) is 11.1 Å². The minimum atomic E-state index is -0.244. The molecule has 0 aromatic carbocycles. The minimum Gasteiger partial charge on any atom is -0.450 e. The molecule has 22 heavy (non-hydrogen) atoms. The zero-order valence-corrected chi connectivity index (χ0v) is 12.6. The van der Waals surface area contributed by atoms with Crippen molar-refractivity contribution in [1.29, 1.82) is 0 Å². The third-order valence-corrected chi connectivity index (χ3v) is 3.74. The molecule has 0 radical (unpaired) electrons. The van der Waals surface area contributed by atoms with Gasteiger partial charge in [0.15, 0.2) is 0 Å². The minimum absolute atomic E-state index is 0.244. The summed E-state index contributed by atoms with van der Waals surface area (Å²) in [5.74, 6) is 1.00. The Morgan fingerprint density at radius 1 is 1.36 bits per heavy atom. The lowest BCUT2D eigenvalue weighted by Crippen LogP contribution is -2.37. The summed E-state index contributed by atoms with van der Waals surface area (Å²) in [6.45, 7) is 5.07. The van der Waals surface area contributed by atoms with Gasteiger partial charge >= 0.3 is 6.09 Å². The van der Waals surface area contributed by atoms with Gasteiger partial charge < -0.3 is 14.5 Å². The van der Waals surface area contributed by atoms with Crippen LogP contribution in [0.3, 0.4) is 0 Å². The molecule has 0 spiro atoms. The highest BCUT2D eigenvalue weighted by atomic mass is 16.6. The molecule has 3 heterocycles. The Morgan fingerprint density at radius 2 is 2.27 bits per heavy atom. The second-order valence-electron chi connectivity index (χ2n) is 5.09. The summed E-state index contributed by atoms with van der Waals surface area (Å²) in [6.07, 6.45) is 5.78. The molecule has 2 aliphatic rings. The van der Waals surface area contributed by atoms with Gasteiger partial charge in [-0.25, -0.2) is 19.8 Å². The standard InChI is InChI=1S/C15H19N5O2/c1-2-22-15(21)20-8-5-14-18-13(4-7-19(14)9-10-20)12-3-6-16-11-17-12/h3-4,6,11H,2,5,7-10H2,1H3. The first-order valence-corrected chi connectivity index (χ1v) is 7.48. The van der Waals surface area contributed by atoms with Gasteiger partial charge in [0, 0.05) is 38.8 Å². The second-order valence-corrected chi connectivity index (χ2v) is 5.09. The van der Waals surface area contributed by atoms with E-state index >= 15 is 0 Å². The molecular formula is C15H19N5O2. The Bertz CT molecular complexity index is 599. The van der Waals surface area contributed by atoms with Gasteiger partial charge in [-0.05, 0) is 19.1 Å². The summed E-state index contributed by atoms with van der Waals surface area (Å²) in [5, 5.41) is 0. The Balaban J connectivity index is 1.72. The smallest absolute Gasteiger partial charge is 0.409 e. The van der Waals surface area contributed by atoms with E-state index < -0.39 is 0 Å². The molecule has 0 unspecified atom stereocenters. The number of hydrogen-bond acceptors (Lipinski definition) is 6. The van der Waals surface area contributed by atoms with Crippen molar-refractivity contribution in [2.45, 2.75) is 13.3 Å². The molecule has 7 nitrogen and oxygen atoms in total. The summed E-state index contributed by atoms with van der Waals surface area (Å²) in [4.78, 5) is 28.7. The number of carbonyl (C=O) groups is 1. The van der Waals surface area contributed by atoms with E-state index in [-0.39, 0.29) is 6.09 Å². The van der Waals surface area contributed by atoms with Crippen molar-refractivity contribution in [1.82, 2.24) is 19.8 Å². The Kier molecular flexibility index (Phi) is 4.32. The van der Waals surface area contributed by atoms with Crippen molar-refractivity contribution in [2.75, 3.05) is 32.8 Å². The van der Waals surface area contributed by atoms with Crippen LogP contribution in [0.5, 0.6) is 0 Å². The maximum atomic E-state index is 11.9. The van der Waals surface area contributed by atoms with Crippen LogP contribution in [-0.2, 0) is 4.74 Å². The highest BCUT2D eigenvalue weighted by molar-refractivity contribution is 5.90. The van der Waals surface area contributed by atoms with Gasteiger partial charge in [0.2, 0.25) is 0 Å². The number of amidine groups is 1. The van der Waals surface area contributed by atoms with Crippen molar-refractivity contribution in [3.05, 3.63) is 30.4 Å². The highest BCUT2D eigenvalue weighted by Crippen LogP contribution is 2.20. The van der Waals surface area contributed by atoms with Crippen LogP contribution in [0.2, 0.25) is 0 Å². The number of hydrogen-bond donors (Lipinski definition) is 0. The molecule has 0 bridgehead atoms. The predicted octanol–water partition coefficient (Wildman–Crippen LogP) is 1.39. The average Bonchev–Trinajstić information content (AvgIpc) is 2.78. The van der Waals surface area contributed by atoms with Gasteiger partial charge in [-0.15, -0.1) is 0 Å². The Hall–Kier alpha value is -2.44. The number of aromatic nitrogens is 2. The van der Waals surface area contributed by atoms with Crippen molar-refractivity contribution in [3.8, 4) is 0 Å². The van der Waals surface area contributed by atoms with Crippen LogP contribution in [0.1, 0.15) is 19.0 Å². The maximum Gasteiger partial charge on any atom is 0.409 e. The maximum absolute atomic E-state index is 11.9. The lowest BCUT2D eigenvalue weighted by atomic mass is 10.2. The number of ether oxygens (including phenoxy) is 1. The van der Waals surface area contributed by atoms with Gasteiger partial charge in [-0.1, -0.05) is 0 Å². The van der Waals surface area contributed by atoms with Crippen LogP contribution in [0, 0.1) is 0 Å². The molecule has 0 N–H and O–H groups in total. The fourth-order valence-electron chi connectivity index (χ4n) is 2.58. The first-order valence-electron chi connectivity index (χ1n) is 7.48. The molecule has 2 aliphatic heterocycles. The molecular weight excluding hydrogens is 282 g/mol. The summed E-state index contributed by atoms with van der Waals surface area (Å²) in [6, 6.07) is 1.85. The largest absolute Gasteiger partial charge is 0.450 e. The summed E-state index contributed by atoms with van der Waals surface area (Å²) >= 11 is 0. The fraction of sp³-hybridized carbons (Fsp3) is 0.467. The van der Waals surface area contributed by atoms with Crippen LogP contribution in [-0.4, -0.2) is 64.5 Å². The molecule has 0 aliphatic carbocycles. The van der Waals surface area contributed by atoms with Crippen LogP contribution in [0.25, 0.3) is 5.70 Å². The summed E-state index contributed by atoms with van der Waals surface area (Å²) < 4.78 is 5.08. The monoisotopic (exact) mass is 301 g/mol. The van der Waals surface area contributed by atoms with Crippen LogP contribution < -0.4 is 0 Å². The van der Waals surface area contributed by atoms with Crippen molar-refractivity contribution < 1.29 is 9.53 Å². The molecule has 0 saturated carbocycles. The van der Waals surface area contributed by atoms with E-state index in [0.29, 0.717) is 19.7 Å². The van der Waals surface area contributed by atoms with Gasteiger partial charge in [-0.2, -0.15) is 0 Å². The van der Waals surface area contributed by atoms with Gasteiger partial charge in [-0.3, -0.25) is 0 Å². The van der Waals surface area contributed by atoms with Gasteiger partial charge in [0.25, 0.3) is 0 Å². The van der Waals surface area contributed by atoms with E-state index in [1.807, 2.05) is 13.0 Å². The first kappa shape index (κ1) is 14.5. The number of carbonyl (C=O) groups excluding carboxylic acids is 1. The quantitative estimate of drug-likeness (QED) is 0.825. The zero-order valence-electron chi connectivity index (χ0n) is 12.6. The van der Waals surface area contributed by atoms with Gasteiger partial charge in [0.05, 0.1) is 18.0 Å². The summed E-state index contributed by atoms with van der Waals surface area (Å²) in [7, 11) is 0. The normalized spacial score (nSPS) is 18.0. The average molecular weight is 301 g/mol. The number of nitrogens with zero attached hydrogens (tertiary/aromatic N) is 5. The van der Waals surface area contributed by atoms with E-state index in [9.17, 15) is 4.79 Å². The topological polar surface area (TPSA) is 70.9 Å². The third kappa shape index (κ3) is 3.08. The number of fused-ring (bicyclic) bond motifs is 1. The van der Waals surface area contributed by atoms with E-state index in [1.165, 1.54) is 6.33 Å².